The molecule has 0 unspecified atom stereocenters. The van der Waals surface area contributed by atoms with Crippen LogP contribution in [0, 0.1) is 5.41 Å². The first kappa shape index (κ1) is 23.2. The van der Waals surface area contributed by atoms with Crippen molar-refractivity contribution in [1.82, 2.24) is 0 Å². The summed E-state index contributed by atoms with van der Waals surface area (Å²) < 4.78 is 0. The minimum Gasteiger partial charge on any atom is -0.481 e. The minimum absolute atomic E-state index is 0.0642. The molecule has 0 bridgehead atoms. The number of rotatable bonds is 8. The largest absolute Gasteiger partial charge is 0.481 e. The number of nitrogens with one attached hydrogen (secondary N) is 1. The molecule has 0 aliphatic carbocycles. The van der Waals surface area contributed by atoms with Crippen molar-refractivity contribution in [3.63, 3.8) is 0 Å². The van der Waals surface area contributed by atoms with E-state index in [0.717, 1.165) is 16.7 Å². The number of carboxylic acids is 1. The Kier molecular flexibility index (Phi) is 7.11. The van der Waals surface area contributed by atoms with Gasteiger partial charge in [-0.1, -0.05) is 60.1 Å². The van der Waals surface area contributed by atoms with Crippen molar-refractivity contribution in [2.75, 3.05) is 5.32 Å². The van der Waals surface area contributed by atoms with Crippen molar-refractivity contribution in [3.8, 4) is 11.1 Å². The van der Waals surface area contributed by atoms with Gasteiger partial charge in [-0.05, 0) is 54.8 Å². The summed E-state index contributed by atoms with van der Waals surface area (Å²) in [6, 6.07) is 21.7. The number of hydrogen-bond donors (Lipinski definition) is 2. The Morgan fingerprint density at radius 2 is 1.50 bits per heavy atom. The zero-order chi connectivity index (χ0) is 23.3. The van der Waals surface area contributed by atoms with Crippen LogP contribution < -0.4 is 5.32 Å². The third-order valence-corrected chi connectivity index (χ3v) is 5.38. The molecule has 1 amide bonds. The molecule has 0 aliphatic heterocycles. The molecule has 0 radical (unpaired) electrons. The van der Waals surface area contributed by atoms with E-state index < -0.39 is 11.4 Å². The topological polar surface area (TPSA) is 83.5 Å². The molecule has 0 spiro atoms. The van der Waals surface area contributed by atoms with E-state index in [4.69, 9.17) is 11.6 Å². The summed E-state index contributed by atoms with van der Waals surface area (Å²) in [6.45, 7) is 3.08. The number of amides is 1. The second-order valence-corrected chi connectivity index (χ2v) is 8.73. The van der Waals surface area contributed by atoms with Crippen LogP contribution in [0.2, 0.25) is 5.02 Å². The number of anilines is 1. The summed E-state index contributed by atoms with van der Waals surface area (Å²) in [5.41, 5.74) is 2.74. The van der Waals surface area contributed by atoms with E-state index in [1.54, 1.807) is 24.3 Å². The highest BCUT2D eigenvalue weighted by Crippen LogP contribution is 2.26. The lowest BCUT2D eigenvalue weighted by Gasteiger charge is -2.17. The van der Waals surface area contributed by atoms with Gasteiger partial charge in [0.15, 0.2) is 5.78 Å². The first-order chi connectivity index (χ1) is 15.1. The summed E-state index contributed by atoms with van der Waals surface area (Å²) in [5, 5.41) is 12.7. The van der Waals surface area contributed by atoms with Crippen molar-refractivity contribution in [1.29, 1.82) is 0 Å². The van der Waals surface area contributed by atoms with Crippen LogP contribution in [-0.2, 0) is 16.0 Å². The van der Waals surface area contributed by atoms with Crippen molar-refractivity contribution in [2.24, 2.45) is 5.41 Å². The molecule has 0 saturated carbocycles. The summed E-state index contributed by atoms with van der Waals surface area (Å²) in [7, 11) is 0. The fourth-order valence-electron chi connectivity index (χ4n) is 3.21. The molecule has 164 valence electrons. The molecule has 3 aromatic carbocycles. The van der Waals surface area contributed by atoms with E-state index in [9.17, 15) is 19.5 Å². The normalized spacial score (nSPS) is 11.1. The molecule has 3 rings (SSSR count). The standard InChI is InChI=1S/C26H24ClNO4/c1-26(2,25(31)32)16-23(29)20-8-6-18(7-9-20)19-10-12-22(13-11-19)28-24(30)15-17-4-3-5-21(27)14-17/h3-14H,15-16H2,1-2H3,(H,28,30)(H,31,32). The maximum absolute atomic E-state index is 12.4. The summed E-state index contributed by atoms with van der Waals surface area (Å²) in [6.07, 6.45) is 0.168. The molecule has 0 heterocycles. The molecule has 0 fully saturated rings. The van der Waals surface area contributed by atoms with E-state index in [0.29, 0.717) is 16.3 Å². The van der Waals surface area contributed by atoms with E-state index in [1.165, 1.54) is 13.8 Å². The Morgan fingerprint density at radius 1 is 0.906 bits per heavy atom. The Morgan fingerprint density at radius 3 is 2.06 bits per heavy atom. The smallest absolute Gasteiger partial charge is 0.309 e. The first-order valence-electron chi connectivity index (χ1n) is 10.2. The Hall–Kier alpha value is -3.44. The van der Waals surface area contributed by atoms with Crippen LogP contribution in [0.1, 0.15) is 36.2 Å². The highest BCUT2D eigenvalue weighted by molar-refractivity contribution is 6.30. The molecule has 3 aromatic rings. The van der Waals surface area contributed by atoms with Gasteiger partial charge in [-0.2, -0.15) is 0 Å². The number of carbonyl (C=O) groups is 3. The quantitative estimate of drug-likeness (QED) is 0.421. The number of Topliss-reactive ketones (excluding diaryl/α,β-unsaturated/α-hetero) is 1. The zero-order valence-corrected chi connectivity index (χ0v) is 18.6. The van der Waals surface area contributed by atoms with Gasteiger partial charge in [-0.15, -0.1) is 0 Å². The van der Waals surface area contributed by atoms with Gasteiger partial charge in [0.05, 0.1) is 11.8 Å². The van der Waals surface area contributed by atoms with E-state index in [1.807, 2.05) is 48.5 Å². The number of ketones is 1. The third kappa shape index (κ3) is 6.05. The van der Waals surface area contributed by atoms with E-state index >= 15 is 0 Å². The molecule has 6 heteroatoms. The highest BCUT2D eigenvalue weighted by atomic mass is 35.5. The summed E-state index contributed by atoms with van der Waals surface area (Å²) in [4.78, 5) is 35.9. The second-order valence-electron chi connectivity index (χ2n) is 8.30. The Balaban J connectivity index is 1.62. The number of halogens is 1. The van der Waals surface area contributed by atoms with Crippen molar-refractivity contribution >= 4 is 34.9 Å². The van der Waals surface area contributed by atoms with Crippen LogP contribution in [0.4, 0.5) is 5.69 Å². The molecular weight excluding hydrogens is 426 g/mol. The van der Waals surface area contributed by atoms with Crippen molar-refractivity contribution in [3.05, 3.63) is 88.9 Å². The SMILES string of the molecule is CC(C)(CC(=O)c1ccc(-c2ccc(NC(=O)Cc3cccc(Cl)c3)cc2)cc1)C(=O)O. The molecule has 32 heavy (non-hydrogen) atoms. The molecule has 5 nitrogen and oxygen atoms in total. The van der Waals surface area contributed by atoms with Gasteiger partial charge in [0.1, 0.15) is 0 Å². The van der Waals surface area contributed by atoms with Crippen LogP contribution in [0.25, 0.3) is 11.1 Å². The number of aliphatic carboxylic acids is 1. The Bertz CT molecular complexity index is 1140. The fourth-order valence-corrected chi connectivity index (χ4v) is 3.42. The molecular formula is C26H24ClNO4. The minimum atomic E-state index is -1.11. The van der Waals surface area contributed by atoms with Gasteiger partial charge in [-0.3, -0.25) is 14.4 Å². The number of hydrogen-bond acceptors (Lipinski definition) is 3. The van der Waals surface area contributed by atoms with Crippen LogP contribution in [0.3, 0.4) is 0 Å². The van der Waals surface area contributed by atoms with Crippen LogP contribution in [-0.4, -0.2) is 22.8 Å². The maximum atomic E-state index is 12.4. The van der Waals surface area contributed by atoms with Gasteiger partial charge in [0.25, 0.3) is 0 Å². The molecule has 0 atom stereocenters. The predicted octanol–water partition coefficient (Wildman–Crippen LogP) is 5.87. The average Bonchev–Trinajstić information content (AvgIpc) is 2.74. The fraction of sp³-hybridized carbons (Fsp3) is 0.192. The summed E-state index contributed by atoms with van der Waals surface area (Å²) >= 11 is 5.96. The van der Waals surface area contributed by atoms with Crippen molar-refractivity contribution < 1.29 is 19.5 Å². The van der Waals surface area contributed by atoms with Crippen molar-refractivity contribution in [2.45, 2.75) is 26.7 Å². The second kappa shape index (κ2) is 9.79. The van der Waals surface area contributed by atoms with E-state index in [-0.39, 0.29) is 24.5 Å². The van der Waals surface area contributed by atoms with Gasteiger partial charge in [0, 0.05) is 22.7 Å². The molecule has 0 saturated heterocycles. The lowest BCUT2D eigenvalue weighted by Crippen LogP contribution is -2.26. The number of carbonyl (C=O) groups excluding carboxylic acids is 2. The molecule has 0 aromatic heterocycles. The average molecular weight is 450 g/mol. The van der Waals surface area contributed by atoms with Crippen LogP contribution in [0.5, 0.6) is 0 Å². The number of benzene rings is 3. The van der Waals surface area contributed by atoms with Crippen LogP contribution >= 0.6 is 11.6 Å². The lowest BCUT2D eigenvalue weighted by atomic mass is 9.85. The van der Waals surface area contributed by atoms with Gasteiger partial charge in [0.2, 0.25) is 5.91 Å². The summed E-state index contributed by atoms with van der Waals surface area (Å²) in [5.74, 6) is -1.34. The van der Waals surface area contributed by atoms with Gasteiger partial charge >= 0.3 is 5.97 Å². The van der Waals surface area contributed by atoms with Gasteiger partial charge in [-0.25, -0.2) is 0 Å². The molecule has 2 N–H and O–H groups in total. The zero-order valence-electron chi connectivity index (χ0n) is 17.9. The molecule has 0 aliphatic rings. The maximum Gasteiger partial charge on any atom is 0.309 e. The first-order valence-corrected chi connectivity index (χ1v) is 10.5. The monoisotopic (exact) mass is 449 g/mol. The predicted molar refractivity (Wildman–Crippen MR) is 126 cm³/mol. The Labute approximate surface area is 192 Å². The lowest BCUT2D eigenvalue weighted by molar-refractivity contribution is -0.146. The highest BCUT2D eigenvalue weighted by Gasteiger charge is 2.30. The number of carboxylic acid groups (broad SMARTS) is 1. The van der Waals surface area contributed by atoms with Crippen LogP contribution in [0.15, 0.2) is 72.8 Å². The van der Waals surface area contributed by atoms with Gasteiger partial charge < -0.3 is 10.4 Å². The van der Waals surface area contributed by atoms with E-state index in [2.05, 4.69) is 5.32 Å². The third-order valence-electron chi connectivity index (χ3n) is 5.14.